The van der Waals surface area contributed by atoms with Crippen LogP contribution >= 0.6 is 0 Å². The normalized spacial score (nSPS) is 19.2. The van der Waals surface area contributed by atoms with Crippen LogP contribution in [0.25, 0.3) is 0 Å². The Bertz CT molecular complexity index is 1970. The molecule has 0 aliphatic heterocycles. The van der Waals surface area contributed by atoms with Crippen molar-refractivity contribution in [2.45, 2.75) is 121 Å². The first-order valence-corrected chi connectivity index (χ1v) is 22.4. The van der Waals surface area contributed by atoms with E-state index in [4.69, 9.17) is 20.9 Å². The van der Waals surface area contributed by atoms with E-state index in [-0.39, 0.29) is 0 Å². The van der Waals surface area contributed by atoms with Gasteiger partial charge in [-0.05, 0) is 140 Å². The number of hydrogen-bond acceptors (Lipinski definition) is 8. The minimum atomic E-state index is -0.531. The number of hydrogen-bond donors (Lipinski definition) is 4. The third-order valence-corrected chi connectivity index (χ3v) is 13.1. The van der Waals surface area contributed by atoms with Crippen LogP contribution in [0.3, 0.4) is 0 Å². The highest BCUT2D eigenvalue weighted by atomic mass is 16.5. The van der Waals surface area contributed by atoms with E-state index in [1.54, 1.807) is 24.4 Å². The van der Waals surface area contributed by atoms with Crippen LogP contribution in [0.2, 0.25) is 0 Å². The third-order valence-electron chi connectivity index (χ3n) is 13.1. The lowest BCUT2D eigenvalue weighted by atomic mass is 9.82. The smallest absolute Gasteiger partial charge is 0.254 e. The zero-order valence-corrected chi connectivity index (χ0v) is 34.8. The Balaban J connectivity index is 0.000000179. The maximum atomic E-state index is 11.7. The van der Waals surface area contributed by atoms with Crippen LogP contribution in [0.15, 0.2) is 73.2 Å². The first-order valence-electron chi connectivity index (χ1n) is 22.4. The molecule has 2 atom stereocenters. The summed E-state index contributed by atoms with van der Waals surface area (Å²) in [7, 11) is 0. The van der Waals surface area contributed by atoms with Crippen LogP contribution in [0.1, 0.15) is 151 Å². The maximum absolute atomic E-state index is 11.7. The van der Waals surface area contributed by atoms with Gasteiger partial charge in [-0.2, -0.15) is 0 Å². The quantitative estimate of drug-likeness (QED) is 0.0818. The molecule has 0 saturated heterocycles. The molecule has 2 amide bonds. The molecule has 2 aromatic carbocycles. The van der Waals surface area contributed by atoms with Crippen molar-refractivity contribution in [1.82, 2.24) is 20.6 Å². The number of nitrogens with one attached hydrogen (secondary N) is 2. The number of ether oxygens (including phenoxy) is 2. The molecule has 6 N–H and O–H groups in total. The Morgan fingerprint density at radius 3 is 1.97 bits per heavy atom. The Labute approximate surface area is 350 Å². The summed E-state index contributed by atoms with van der Waals surface area (Å²) in [5, 5.41) is 7.43. The van der Waals surface area contributed by atoms with E-state index in [9.17, 15) is 9.59 Å². The fraction of sp³-hybridized carbons (Fsp3) is 0.510. The van der Waals surface area contributed by atoms with Crippen molar-refractivity contribution in [3.63, 3.8) is 0 Å². The van der Waals surface area contributed by atoms with Crippen molar-refractivity contribution in [2.75, 3.05) is 26.2 Å². The molecule has 10 nitrogen and oxygen atoms in total. The van der Waals surface area contributed by atoms with Gasteiger partial charge in [-0.1, -0.05) is 76.3 Å². The molecule has 4 aliphatic carbocycles. The van der Waals surface area contributed by atoms with Gasteiger partial charge in [-0.3, -0.25) is 14.6 Å². The minimum absolute atomic E-state index is 0.302. The number of aromatic nitrogens is 2. The number of nitrogens with two attached hydrogens (primary N) is 2. The number of rotatable bonds is 16. The van der Waals surface area contributed by atoms with Crippen molar-refractivity contribution in [3.05, 3.63) is 107 Å². The second-order valence-corrected chi connectivity index (χ2v) is 17.2. The van der Waals surface area contributed by atoms with Crippen molar-refractivity contribution in [1.29, 1.82) is 0 Å². The average molecular weight is 801 g/mol. The largest absolute Gasteiger partial charge is 0.456 e. The van der Waals surface area contributed by atoms with Gasteiger partial charge in [0.25, 0.3) is 5.91 Å². The highest BCUT2D eigenvalue weighted by Gasteiger charge is 2.24. The Hall–Kier alpha value is -4.80. The van der Waals surface area contributed by atoms with Crippen LogP contribution in [0, 0.1) is 11.8 Å². The number of fused-ring (bicyclic) bond motifs is 2. The second-order valence-electron chi connectivity index (χ2n) is 17.2. The fourth-order valence-electron chi connectivity index (χ4n) is 9.71. The number of pyridine rings is 2. The monoisotopic (exact) mass is 800 g/mol. The topological polar surface area (TPSA) is 154 Å². The lowest BCUT2D eigenvalue weighted by Gasteiger charge is -2.27. The molecular formula is C49H64N6O4. The summed E-state index contributed by atoms with van der Waals surface area (Å²) in [5.74, 6) is 4.41. The molecule has 8 rings (SSSR count). The molecule has 2 unspecified atom stereocenters. The van der Waals surface area contributed by atoms with Gasteiger partial charge in [0.15, 0.2) is 0 Å². The SMILES string of the molecule is NC(=O)c1ccc(Oc2ccc3c(c2)CCC3CNCCC2CCCCC2)nc1.NC(=O)c1cnccc1Oc1ccc2c(c1)C(CNCCC1CCCCC1)CCC2. The summed E-state index contributed by atoms with van der Waals surface area (Å²) >= 11 is 0. The van der Waals surface area contributed by atoms with E-state index in [1.807, 2.05) is 12.1 Å². The summed E-state index contributed by atoms with van der Waals surface area (Å²) in [6.07, 6.45) is 27.2. The lowest BCUT2D eigenvalue weighted by Crippen LogP contribution is -2.26. The molecule has 59 heavy (non-hydrogen) atoms. The zero-order valence-electron chi connectivity index (χ0n) is 34.8. The Kier molecular flexibility index (Phi) is 15.4. The summed E-state index contributed by atoms with van der Waals surface area (Å²) < 4.78 is 11.9. The number of primary amides is 2. The average Bonchev–Trinajstić information content (AvgIpc) is 3.67. The van der Waals surface area contributed by atoms with Crippen LogP contribution in [0.4, 0.5) is 0 Å². The van der Waals surface area contributed by atoms with Gasteiger partial charge in [-0.15, -0.1) is 0 Å². The van der Waals surface area contributed by atoms with E-state index in [0.717, 1.165) is 62.4 Å². The number of carbonyl (C=O) groups excluding carboxylic acids is 2. The number of nitrogens with zero attached hydrogens (tertiary/aromatic N) is 2. The Morgan fingerprint density at radius 1 is 0.627 bits per heavy atom. The predicted molar refractivity (Wildman–Crippen MR) is 233 cm³/mol. The van der Waals surface area contributed by atoms with Crippen molar-refractivity contribution < 1.29 is 19.1 Å². The lowest BCUT2D eigenvalue weighted by molar-refractivity contribution is 0.0990. The van der Waals surface area contributed by atoms with Crippen molar-refractivity contribution in [3.8, 4) is 23.1 Å². The van der Waals surface area contributed by atoms with Gasteiger partial charge in [0.1, 0.15) is 22.8 Å². The van der Waals surface area contributed by atoms with Gasteiger partial charge in [0, 0.05) is 37.7 Å². The summed E-state index contributed by atoms with van der Waals surface area (Å²) in [5.41, 5.74) is 17.0. The van der Waals surface area contributed by atoms with E-state index < -0.39 is 11.8 Å². The molecule has 10 heteroatoms. The number of aryl methyl sites for hydroxylation is 2. The van der Waals surface area contributed by atoms with E-state index in [2.05, 4.69) is 44.9 Å². The van der Waals surface area contributed by atoms with E-state index >= 15 is 0 Å². The standard InChI is InChI=1S/C25H33N3O2.C24H31N3O2/c26-25(29)23-17-28-14-12-24(23)30-21-10-9-19-7-4-8-20(22(19)15-21)16-27-13-11-18-5-2-1-3-6-18;25-24(28)20-8-11-23(27-16-20)29-21-9-10-22-18(14-21)6-7-19(22)15-26-13-12-17-4-2-1-3-5-17/h9-10,12,14-15,17-18,20,27H,1-8,11,13,16H2,(H2,26,29);8-11,14,16-17,19,26H,1-7,12-13,15H2,(H2,25,28). The minimum Gasteiger partial charge on any atom is -0.456 e. The molecule has 2 heterocycles. The first-order chi connectivity index (χ1) is 28.9. The molecule has 2 saturated carbocycles. The summed E-state index contributed by atoms with van der Waals surface area (Å²) in [6, 6.07) is 17.6. The van der Waals surface area contributed by atoms with Crippen LogP contribution < -0.4 is 31.6 Å². The predicted octanol–water partition coefficient (Wildman–Crippen LogP) is 9.52. The Morgan fingerprint density at radius 2 is 1.31 bits per heavy atom. The van der Waals surface area contributed by atoms with E-state index in [0.29, 0.717) is 34.6 Å². The molecule has 0 spiro atoms. The fourth-order valence-corrected chi connectivity index (χ4v) is 9.71. The number of benzene rings is 2. The van der Waals surface area contributed by atoms with Gasteiger partial charge in [-0.25, -0.2) is 4.98 Å². The summed E-state index contributed by atoms with van der Waals surface area (Å²) in [4.78, 5) is 30.9. The molecule has 2 aromatic heterocycles. The number of carbonyl (C=O) groups is 2. The summed E-state index contributed by atoms with van der Waals surface area (Å²) in [6.45, 7) is 4.34. The van der Waals surface area contributed by atoms with Gasteiger partial charge in [0.05, 0.1) is 5.56 Å². The number of amides is 2. The molecule has 4 aromatic rings. The third kappa shape index (κ3) is 12.1. The highest BCUT2D eigenvalue weighted by molar-refractivity contribution is 5.95. The van der Waals surface area contributed by atoms with Crippen LogP contribution in [-0.2, 0) is 12.8 Å². The maximum Gasteiger partial charge on any atom is 0.254 e. The highest BCUT2D eigenvalue weighted by Crippen LogP contribution is 2.37. The van der Waals surface area contributed by atoms with Crippen LogP contribution in [-0.4, -0.2) is 48.0 Å². The van der Waals surface area contributed by atoms with E-state index in [1.165, 1.54) is 131 Å². The van der Waals surface area contributed by atoms with Crippen molar-refractivity contribution >= 4 is 11.8 Å². The van der Waals surface area contributed by atoms with Crippen LogP contribution in [0.5, 0.6) is 23.1 Å². The molecule has 0 bridgehead atoms. The molecule has 4 aliphatic rings. The zero-order chi connectivity index (χ0) is 40.8. The molecule has 2 fully saturated rings. The second kappa shape index (κ2) is 21.5. The molecule has 314 valence electrons. The molecular weight excluding hydrogens is 737 g/mol. The van der Waals surface area contributed by atoms with Gasteiger partial charge < -0.3 is 31.6 Å². The van der Waals surface area contributed by atoms with Gasteiger partial charge >= 0.3 is 0 Å². The van der Waals surface area contributed by atoms with Crippen molar-refractivity contribution in [2.24, 2.45) is 23.3 Å². The first kappa shape index (κ1) is 42.3. The van der Waals surface area contributed by atoms with Gasteiger partial charge in [0.2, 0.25) is 11.8 Å². The molecule has 0 radical (unpaired) electrons.